The lowest BCUT2D eigenvalue weighted by atomic mass is 10.2. The second kappa shape index (κ2) is 5.19. The molecule has 0 saturated heterocycles. The van der Waals surface area contributed by atoms with Crippen LogP contribution >= 0.6 is 11.6 Å². The Labute approximate surface area is 105 Å². The summed E-state index contributed by atoms with van der Waals surface area (Å²) in [6.07, 6.45) is 0. The second-order valence-corrected chi connectivity index (χ2v) is 4.04. The molecule has 0 spiro atoms. The second-order valence-electron chi connectivity index (χ2n) is 3.77. The summed E-state index contributed by atoms with van der Waals surface area (Å²) in [5, 5.41) is 0. The van der Waals surface area contributed by atoms with Crippen LogP contribution in [0.5, 0.6) is 11.5 Å². The molecule has 0 aliphatic heterocycles. The van der Waals surface area contributed by atoms with E-state index in [0.29, 0.717) is 17.2 Å². The summed E-state index contributed by atoms with van der Waals surface area (Å²) >= 11 is 5.73. The van der Waals surface area contributed by atoms with E-state index in [1.165, 1.54) is 0 Å². The van der Waals surface area contributed by atoms with Crippen LogP contribution in [0.4, 0.5) is 4.39 Å². The first-order valence-corrected chi connectivity index (χ1v) is 5.82. The zero-order valence-corrected chi connectivity index (χ0v) is 10.2. The average molecular weight is 251 g/mol. The van der Waals surface area contributed by atoms with Crippen LogP contribution in [-0.4, -0.2) is 0 Å². The minimum absolute atomic E-state index is 0.233. The molecule has 0 aromatic heterocycles. The van der Waals surface area contributed by atoms with Gasteiger partial charge in [0.1, 0.15) is 5.75 Å². The topological polar surface area (TPSA) is 9.23 Å². The van der Waals surface area contributed by atoms with E-state index in [2.05, 4.69) is 0 Å². The average Bonchev–Trinajstić information content (AvgIpc) is 2.35. The van der Waals surface area contributed by atoms with Crippen LogP contribution in [0.3, 0.4) is 0 Å². The molecule has 17 heavy (non-hydrogen) atoms. The van der Waals surface area contributed by atoms with Gasteiger partial charge in [-0.15, -0.1) is 11.6 Å². The quantitative estimate of drug-likeness (QED) is 0.720. The highest BCUT2D eigenvalue weighted by atomic mass is 35.5. The molecule has 88 valence electrons. The summed E-state index contributed by atoms with van der Waals surface area (Å²) < 4.78 is 19.2. The van der Waals surface area contributed by atoms with Gasteiger partial charge in [0.05, 0.1) is 0 Å². The van der Waals surface area contributed by atoms with Crippen molar-refractivity contribution in [3.63, 3.8) is 0 Å². The Morgan fingerprint density at radius 3 is 2.71 bits per heavy atom. The molecule has 2 aromatic carbocycles. The maximum atomic E-state index is 13.7. The highest BCUT2D eigenvalue weighted by molar-refractivity contribution is 6.17. The van der Waals surface area contributed by atoms with Crippen molar-refractivity contribution in [3.8, 4) is 11.5 Å². The molecule has 0 aliphatic rings. The van der Waals surface area contributed by atoms with Crippen LogP contribution in [0.15, 0.2) is 42.5 Å². The number of halogens is 2. The molecular weight excluding hydrogens is 239 g/mol. The van der Waals surface area contributed by atoms with Crippen molar-refractivity contribution in [2.75, 3.05) is 0 Å². The lowest BCUT2D eigenvalue weighted by Gasteiger charge is -2.08. The molecule has 0 fully saturated rings. The van der Waals surface area contributed by atoms with Gasteiger partial charge in [-0.3, -0.25) is 0 Å². The fourth-order valence-corrected chi connectivity index (χ4v) is 1.68. The highest BCUT2D eigenvalue weighted by Crippen LogP contribution is 2.26. The molecule has 3 heteroatoms. The maximum Gasteiger partial charge on any atom is 0.168 e. The van der Waals surface area contributed by atoms with Crippen molar-refractivity contribution in [3.05, 3.63) is 59.4 Å². The van der Waals surface area contributed by atoms with Gasteiger partial charge in [0, 0.05) is 5.88 Å². The molecule has 2 rings (SSSR count). The number of hydrogen-bond donors (Lipinski definition) is 0. The Balaban J connectivity index is 2.28. The summed E-state index contributed by atoms with van der Waals surface area (Å²) in [5.74, 6) is 0.904. The van der Waals surface area contributed by atoms with E-state index in [0.717, 1.165) is 5.56 Å². The Kier molecular flexibility index (Phi) is 3.64. The van der Waals surface area contributed by atoms with Gasteiger partial charge in [-0.1, -0.05) is 24.3 Å². The monoisotopic (exact) mass is 250 g/mol. The van der Waals surface area contributed by atoms with Crippen molar-refractivity contribution < 1.29 is 9.13 Å². The van der Waals surface area contributed by atoms with Gasteiger partial charge in [0.15, 0.2) is 11.6 Å². The van der Waals surface area contributed by atoms with Crippen molar-refractivity contribution in [2.24, 2.45) is 0 Å². The smallest absolute Gasteiger partial charge is 0.168 e. The summed E-state index contributed by atoms with van der Waals surface area (Å²) in [6.45, 7) is 1.71. The highest BCUT2D eigenvalue weighted by Gasteiger charge is 2.07. The Hall–Kier alpha value is -1.54. The minimum Gasteiger partial charge on any atom is -0.454 e. The molecule has 0 saturated carbocycles. The predicted molar refractivity (Wildman–Crippen MR) is 67.2 cm³/mol. The minimum atomic E-state index is -0.330. The normalized spacial score (nSPS) is 10.3. The molecular formula is C14H12ClFO. The fourth-order valence-electron chi connectivity index (χ4n) is 1.52. The molecule has 0 radical (unpaired) electrons. The van der Waals surface area contributed by atoms with Gasteiger partial charge < -0.3 is 4.74 Å². The van der Waals surface area contributed by atoms with E-state index in [4.69, 9.17) is 16.3 Å². The first-order chi connectivity index (χ1) is 8.20. The molecule has 0 N–H and O–H groups in total. The molecule has 2 aromatic rings. The van der Waals surface area contributed by atoms with Gasteiger partial charge in [-0.05, 0) is 36.2 Å². The van der Waals surface area contributed by atoms with Crippen LogP contribution in [0.2, 0.25) is 0 Å². The van der Waals surface area contributed by atoms with Gasteiger partial charge in [0.2, 0.25) is 0 Å². The van der Waals surface area contributed by atoms with E-state index in [-0.39, 0.29) is 11.6 Å². The number of alkyl halides is 1. The van der Waals surface area contributed by atoms with Gasteiger partial charge in [-0.25, -0.2) is 4.39 Å². The third-order valence-corrected chi connectivity index (χ3v) is 2.75. The zero-order valence-electron chi connectivity index (χ0n) is 9.41. The van der Waals surface area contributed by atoms with Crippen molar-refractivity contribution in [1.29, 1.82) is 0 Å². The standard InChI is InChI=1S/C14H12ClFO/c1-10-4-2-7-13(14(10)16)17-12-6-3-5-11(8-12)9-15/h2-8H,9H2,1H3. The Morgan fingerprint density at radius 2 is 1.94 bits per heavy atom. The van der Waals surface area contributed by atoms with Gasteiger partial charge in [-0.2, -0.15) is 0 Å². The molecule has 1 nitrogen and oxygen atoms in total. The Morgan fingerprint density at radius 1 is 1.18 bits per heavy atom. The Bertz CT molecular complexity index is 525. The number of aryl methyl sites for hydroxylation is 1. The van der Waals surface area contributed by atoms with Crippen molar-refractivity contribution in [2.45, 2.75) is 12.8 Å². The number of ether oxygens (including phenoxy) is 1. The first-order valence-electron chi connectivity index (χ1n) is 5.28. The van der Waals surface area contributed by atoms with Crippen LogP contribution in [0, 0.1) is 12.7 Å². The molecule has 0 heterocycles. The van der Waals surface area contributed by atoms with Gasteiger partial charge >= 0.3 is 0 Å². The van der Waals surface area contributed by atoms with E-state index in [1.54, 1.807) is 37.3 Å². The van der Waals surface area contributed by atoms with E-state index >= 15 is 0 Å². The fraction of sp³-hybridized carbons (Fsp3) is 0.143. The summed E-state index contributed by atoms with van der Waals surface area (Å²) in [7, 11) is 0. The van der Waals surface area contributed by atoms with E-state index in [1.807, 2.05) is 12.1 Å². The van der Waals surface area contributed by atoms with Crippen molar-refractivity contribution in [1.82, 2.24) is 0 Å². The summed E-state index contributed by atoms with van der Waals surface area (Å²) in [5.41, 5.74) is 1.51. The summed E-state index contributed by atoms with van der Waals surface area (Å²) in [6, 6.07) is 12.4. The predicted octanol–water partition coefficient (Wildman–Crippen LogP) is 4.67. The summed E-state index contributed by atoms with van der Waals surface area (Å²) in [4.78, 5) is 0. The van der Waals surface area contributed by atoms with Crippen LogP contribution in [0.25, 0.3) is 0 Å². The third kappa shape index (κ3) is 2.77. The third-order valence-electron chi connectivity index (χ3n) is 2.44. The lowest BCUT2D eigenvalue weighted by molar-refractivity contribution is 0.440. The van der Waals surface area contributed by atoms with E-state index in [9.17, 15) is 4.39 Å². The van der Waals surface area contributed by atoms with Crippen LogP contribution < -0.4 is 4.74 Å². The first kappa shape index (κ1) is 11.9. The molecule has 0 aliphatic carbocycles. The molecule has 0 atom stereocenters. The largest absolute Gasteiger partial charge is 0.454 e. The molecule has 0 unspecified atom stereocenters. The van der Waals surface area contributed by atoms with Crippen LogP contribution in [0.1, 0.15) is 11.1 Å². The lowest BCUT2D eigenvalue weighted by Crippen LogP contribution is -1.91. The maximum absolute atomic E-state index is 13.7. The number of rotatable bonds is 3. The van der Waals surface area contributed by atoms with Gasteiger partial charge in [0.25, 0.3) is 0 Å². The molecule has 0 amide bonds. The number of hydrogen-bond acceptors (Lipinski definition) is 1. The SMILES string of the molecule is Cc1cccc(Oc2cccc(CCl)c2)c1F. The molecule has 0 bridgehead atoms. The van der Waals surface area contributed by atoms with E-state index < -0.39 is 0 Å². The van der Waals surface area contributed by atoms with Crippen LogP contribution in [-0.2, 0) is 5.88 Å². The number of benzene rings is 2. The van der Waals surface area contributed by atoms with Crippen molar-refractivity contribution >= 4 is 11.6 Å². The zero-order chi connectivity index (χ0) is 12.3.